The molecule has 33 heavy (non-hydrogen) atoms. The smallest absolute Gasteiger partial charge is 0.353 e. The second kappa shape index (κ2) is 9.78. The average Bonchev–Trinajstić information content (AvgIpc) is 2.84. The normalized spacial score (nSPS) is 13.5. The van der Waals surface area contributed by atoms with Gasteiger partial charge in [-0.25, -0.2) is 9.97 Å². The summed E-state index contributed by atoms with van der Waals surface area (Å²) in [7, 11) is 2.98. The fourth-order valence-electron chi connectivity index (χ4n) is 3.76. The van der Waals surface area contributed by atoms with Crippen LogP contribution in [0.15, 0.2) is 48.8 Å². The van der Waals surface area contributed by atoms with Crippen LogP contribution < -0.4 is 24.6 Å². The third kappa shape index (κ3) is 4.70. The molecule has 1 aromatic heterocycles. The lowest BCUT2D eigenvalue weighted by atomic mass is 10.2. The topological polar surface area (TPSA) is 106 Å². The van der Waals surface area contributed by atoms with Gasteiger partial charge in [0.25, 0.3) is 0 Å². The molecule has 10 nitrogen and oxygen atoms in total. The van der Waals surface area contributed by atoms with E-state index in [1.54, 1.807) is 12.1 Å². The van der Waals surface area contributed by atoms with E-state index < -0.39 is 4.92 Å². The van der Waals surface area contributed by atoms with E-state index in [2.05, 4.69) is 32.3 Å². The lowest BCUT2D eigenvalue weighted by Crippen LogP contribution is -2.47. The van der Waals surface area contributed by atoms with Crippen LogP contribution in [-0.2, 0) is 0 Å². The highest BCUT2D eigenvalue weighted by Gasteiger charge is 2.30. The van der Waals surface area contributed by atoms with Crippen LogP contribution in [0.2, 0.25) is 5.02 Å². The molecule has 1 aliphatic rings. The van der Waals surface area contributed by atoms with Crippen molar-refractivity contribution in [3.63, 3.8) is 0 Å². The van der Waals surface area contributed by atoms with Gasteiger partial charge in [0.05, 0.1) is 29.9 Å². The van der Waals surface area contributed by atoms with Gasteiger partial charge in [0.2, 0.25) is 11.6 Å². The van der Waals surface area contributed by atoms with Crippen molar-refractivity contribution in [3.8, 4) is 11.5 Å². The fourth-order valence-corrected chi connectivity index (χ4v) is 4.00. The van der Waals surface area contributed by atoms with E-state index in [4.69, 9.17) is 21.1 Å². The van der Waals surface area contributed by atoms with E-state index in [9.17, 15) is 10.1 Å². The average molecular weight is 471 g/mol. The summed E-state index contributed by atoms with van der Waals surface area (Å²) in [6, 6.07) is 13.2. The molecule has 0 atom stereocenters. The van der Waals surface area contributed by atoms with Crippen LogP contribution in [0.5, 0.6) is 11.5 Å². The SMILES string of the molecule is COc1cc(OC)c(Nc2ncnc(N3CCN(c4ccccc4)CC3)c2[N+](=O)[O-])cc1Cl. The van der Waals surface area contributed by atoms with Gasteiger partial charge in [-0.2, -0.15) is 0 Å². The molecule has 0 saturated carbocycles. The molecule has 4 rings (SSSR count). The van der Waals surface area contributed by atoms with Gasteiger partial charge in [0, 0.05) is 37.9 Å². The van der Waals surface area contributed by atoms with Crippen LogP contribution in [-0.4, -0.2) is 55.3 Å². The molecular weight excluding hydrogens is 448 g/mol. The molecule has 0 bridgehead atoms. The van der Waals surface area contributed by atoms with Gasteiger partial charge in [-0.3, -0.25) is 10.1 Å². The van der Waals surface area contributed by atoms with Crippen LogP contribution >= 0.6 is 11.6 Å². The summed E-state index contributed by atoms with van der Waals surface area (Å²) in [6.45, 7) is 2.61. The monoisotopic (exact) mass is 470 g/mol. The van der Waals surface area contributed by atoms with Gasteiger partial charge < -0.3 is 24.6 Å². The largest absolute Gasteiger partial charge is 0.495 e. The van der Waals surface area contributed by atoms with E-state index in [-0.39, 0.29) is 17.3 Å². The van der Waals surface area contributed by atoms with Gasteiger partial charge >= 0.3 is 5.69 Å². The molecule has 1 fully saturated rings. The minimum atomic E-state index is -0.473. The van der Waals surface area contributed by atoms with Gasteiger partial charge in [-0.15, -0.1) is 0 Å². The van der Waals surface area contributed by atoms with Crippen LogP contribution in [0.3, 0.4) is 0 Å². The Hall–Kier alpha value is -3.79. The Morgan fingerprint density at radius 1 is 1.00 bits per heavy atom. The molecule has 2 heterocycles. The number of nitrogens with one attached hydrogen (secondary N) is 1. The van der Waals surface area contributed by atoms with Gasteiger partial charge in [0.15, 0.2) is 0 Å². The fraction of sp³-hybridized carbons (Fsp3) is 0.273. The summed E-state index contributed by atoms with van der Waals surface area (Å²) in [6.07, 6.45) is 1.31. The lowest BCUT2D eigenvalue weighted by Gasteiger charge is -2.36. The third-order valence-electron chi connectivity index (χ3n) is 5.41. The van der Waals surface area contributed by atoms with Crippen molar-refractivity contribution in [2.45, 2.75) is 0 Å². The number of methoxy groups -OCH3 is 2. The zero-order valence-electron chi connectivity index (χ0n) is 18.2. The Balaban J connectivity index is 1.61. The quantitative estimate of drug-likeness (QED) is 0.403. The number of benzene rings is 2. The number of aromatic nitrogens is 2. The number of halogens is 1. The van der Waals surface area contributed by atoms with Crippen molar-refractivity contribution in [1.29, 1.82) is 0 Å². The summed E-state index contributed by atoms with van der Waals surface area (Å²) >= 11 is 6.24. The Bertz CT molecular complexity index is 1140. The van der Waals surface area contributed by atoms with Crippen molar-refractivity contribution in [1.82, 2.24) is 9.97 Å². The molecule has 0 unspecified atom stereocenters. The van der Waals surface area contributed by atoms with Gasteiger partial charge in [-0.05, 0) is 18.2 Å². The second-order valence-electron chi connectivity index (χ2n) is 7.27. The molecular formula is C22H23ClN6O4. The molecule has 2 aromatic carbocycles. The van der Waals surface area contributed by atoms with Crippen molar-refractivity contribution in [3.05, 3.63) is 63.9 Å². The second-order valence-corrected chi connectivity index (χ2v) is 7.68. The molecule has 0 aliphatic carbocycles. The third-order valence-corrected chi connectivity index (χ3v) is 5.71. The standard InChI is InChI=1S/C22H23ClN6O4/c1-32-18-13-19(33-2)17(12-16(18)23)26-21-20(29(30)31)22(25-14-24-21)28-10-8-27(9-11-28)15-6-4-3-5-7-15/h3-7,12-14H,8-11H2,1-2H3,(H,24,25,26). The first-order chi connectivity index (χ1) is 16.0. The van der Waals surface area contributed by atoms with Crippen LogP contribution in [0.1, 0.15) is 0 Å². The highest BCUT2D eigenvalue weighted by Crippen LogP contribution is 2.40. The van der Waals surface area contributed by atoms with E-state index in [0.717, 1.165) is 18.8 Å². The predicted molar refractivity (Wildman–Crippen MR) is 127 cm³/mol. The van der Waals surface area contributed by atoms with Gasteiger partial charge in [0.1, 0.15) is 17.8 Å². The van der Waals surface area contributed by atoms with Gasteiger partial charge in [-0.1, -0.05) is 29.8 Å². The molecule has 1 N–H and O–H groups in total. The molecule has 0 spiro atoms. The number of rotatable bonds is 7. The highest BCUT2D eigenvalue weighted by molar-refractivity contribution is 6.32. The highest BCUT2D eigenvalue weighted by atomic mass is 35.5. The predicted octanol–water partition coefficient (Wildman–Crippen LogP) is 4.13. The maximum absolute atomic E-state index is 12.1. The zero-order chi connectivity index (χ0) is 23.4. The Labute approximate surface area is 195 Å². The van der Waals surface area contributed by atoms with Crippen molar-refractivity contribution < 1.29 is 14.4 Å². The summed E-state index contributed by atoms with van der Waals surface area (Å²) in [4.78, 5) is 24.1. The van der Waals surface area contributed by atoms with E-state index >= 15 is 0 Å². The number of para-hydroxylation sites is 1. The summed E-state index contributed by atoms with van der Waals surface area (Å²) in [5.74, 6) is 1.15. The first-order valence-corrected chi connectivity index (χ1v) is 10.6. The number of nitro groups is 1. The number of hydrogen-bond acceptors (Lipinski definition) is 9. The van der Waals surface area contributed by atoms with Crippen molar-refractivity contribution in [2.24, 2.45) is 0 Å². The summed E-state index contributed by atoms with van der Waals surface area (Å²) in [5.41, 5.74) is 1.34. The minimum Gasteiger partial charge on any atom is -0.495 e. The van der Waals surface area contributed by atoms with Crippen molar-refractivity contribution in [2.75, 3.05) is 55.5 Å². The first kappa shape index (κ1) is 22.4. The number of ether oxygens (including phenoxy) is 2. The summed E-state index contributed by atoms with van der Waals surface area (Å²) < 4.78 is 10.6. The maximum Gasteiger partial charge on any atom is 0.353 e. The van der Waals surface area contributed by atoms with Crippen LogP contribution in [0.4, 0.5) is 28.7 Å². The molecule has 11 heteroatoms. The number of anilines is 4. The molecule has 0 amide bonds. The maximum atomic E-state index is 12.1. The Morgan fingerprint density at radius 2 is 1.67 bits per heavy atom. The molecule has 0 radical (unpaired) electrons. The first-order valence-electron chi connectivity index (χ1n) is 10.2. The Kier molecular flexibility index (Phi) is 6.64. The zero-order valence-corrected chi connectivity index (χ0v) is 19.0. The van der Waals surface area contributed by atoms with E-state index in [1.165, 1.54) is 20.5 Å². The van der Waals surface area contributed by atoms with Crippen LogP contribution in [0, 0.1) is 10.1 Å². The van der Waals surface area contributed by atoms with E-state index in [1.807, 2.05) is 23.1 Å². The molecule has 3 aromatic rings. The Morgan fingerprint density at radius 3 is 2.30 bits per heavy atom. The number of nitrogens with zero attached hydrogens (tertiary/aromatic N) is 5. The summed E-state index contributed by atoms with van der Waals surface area (Å²) in [5, 5.41) is 15.4. The number of hydrogen-bond donors (Lipinski definition) is 1. The molecule has 1 saturated heterocycles. The van der Waals surface area contributed by atoms with E-state index in [0.29, 0.717) is 35.3 Å². The molecule has 1 aliphatic heterocycles. The number of piperazine rings is 1. The van der Waals surface area contributed by atoms with Crippen molar-refractivity contribution >= 4 is 40.3 Å². The minimum absolute atomic E-state index is 0.0509. The van der Waals surface area contributed by atoms with Crippen LogP contribution in [0.25, 0.3) is 0 Å². The molecule has 172 valence electrons. The lowest BCUT2D eigenvalue weighted by molar-refractivity contribution is -0.383.